The number of rotatable bonds is 6. The van der Waals surface area contributed by atoms with Gasteiger partial charge >= 0.3 is 0 Å². The van der Waals surface area contributed by atoms with E-state index in [0.717, 1.165) is 11.2 Å². The third-order valence-electron chi connectivity index (χ3n) is 5.14. The van der Waals surface area contributed by atoms with Gasteiger partial charge in [-0.1, -0.05) is 26.0 Å². The SMILES string of the molecule is CC(C)c1ccc(NC(=O)CCCn2c(=O)c3cccn3c3cccnc32)cc1. The van der Waals surface area contributed by atoms with Crippen molar-refractivity contribution in [2.45, 2.75) is 39.2 Å². The van der Waals surface area contributed by atoms with Gasteiger partial charge in [-0.05, 0) is 54.3 Å². The Morgan fingerprint density at radius 2 is 1.83 bits per heavy atom. The van der Waals surface area contributed by atoms with Crippen molar-refractivity contribution in [3.8, 4) is 0 Å². The van der Waals surface area contributed by atoms with Gasteiger partial charge in [0.05, 0.1) is 5.52 Å². The van der Waals surface area contributed by atoms with Crippen molar-refractivity contribution < 1.29 is 4.79 Å². The van der Waals surface area contributed by atoms with Crippen LogP contribution in [-0.4, -0.2) is 19.9 Å². The van der Waals surface area contributed by atoms with Crippen LogP contribution in [0.25, 0.3) is 16.7 Å². The van der Waals surface area contributed by atoms with Crippen molar-refractivity contribution in [1.82, 2.24) is 14.0 Å². The second-order valence-electron chi connectivity index (χ2n) is 7.49. The molecule has 29 heavy (non-hydrogen) atoms. The number of amides is 1. The lowest BCUT2D eigenvalue weighted by Gasteiger charge is -2.12. The second kappa shape index (κ2) is 7.91. The molecule has 1 aromatic carbocycles. The first-order valence-electron chi connectivity index (χ1n) is 9.89. The first-order chi connectivity index (χ1) is 14.0. The van der Waals surface area contributed by atoms with Crippen LogP contribution in [0.5, 0.6) is 0 Å². The van der Waals surface area contributed by atoms with Crippen LogP contribution in [0.1, 0.15) is 38.2 Å². The normalized spacial score (nSPS) is 11.4. The third-order valence-corrected chi connectivity index (χ3v) is 5.14. The van der Waals surface area contributed by atoms with Gasteiger partial charge in [0, 0.05) is 31.0 Å². The topological polar surface area (TPSA) is 68.4 Å². The van der Waals surface area contributed by atoms with Crippen LogP contribution < -0.4 is 10.9 Å². The molecular weight excluding hydrogens is 364 g/mol. The standard InChI is InChI=1S/C23H24N4O2/c1-16(2)17-9-11-18(12-10-17)25-21(28)8-5-15-27-22-19(6-3-13-24-22)26-14-4-7-20(26)23(27)29/h3-4,6-7,9-14,16H,5,8,15H2,1-2H3,(H,25,28). The molecule has 4 rings (SSSR count). The van der Waals surface area contributed by atoms with E-state index in [1.165, 1.54) is 5.56 Å². The van der Waals surface area contributed by atoms with E-state index >= 15 is 0 Å². The summed E-state index contributed by atoms with van der Waals surface area (Å²) in [5.74, 6) is 0.399. The average Bonchev–Trinajstić information content (AvgIpc) is 3.21. The largest absolute Gasteiger partial charge is 0.326 e. The Morgan fingerprint density at radius 1 is 1.07 bits per heavy atom. The van der Waals surface area contributed by atoms with Gasteiger partial charge < -0.3 is 9.72 Å². The van der Waals surface area contributed by atoms with Crippen LogP contribution in [0.4, 0.5) is 5.69 Å². The van der Waals surface area contributed by atoms with Gasteiger partial charge in [0.15, 0.2) is 5.65 Å². The van der Waals surface area contributed by atoms with E-state index in [4.69, 9.17) is 0 Å². The molecule has 3 heterocycles. The van der Waals surface area contributed by atoms with Crippen LogP contribution in [0.15, 0.2) is 65.7 Å². The summed E-state index contributed by atoms with van der Waals surface area (Å²) in [7, 11) is 0. The number of carbonyl (C=O) groups excluding carboxylic acids is 1. The first-order valence-corrected chi connectivity index (χ1v) is 9.89. The Labute approximate surface area is 168 Å². The zero-order chi connectivity index (χ0) is 20.4. The third kappa shape index (κ3) is 3.78. The Balaban J connectivity index is 1.46. The lowest BCUT2D eigenvalue weighted by molar-refractivity contribution is -0.116. The van der Waals surface area contributed by atoms with Gasteiger partial charge in [-0.3, -0.25) is 14.2 Å². The molecule has 0 saturated carbocycles. The molecule has 148 valence electrons. The van der Waals surface area contributed by atoms with Gasteiger partial charge in [0.1, 0.15) is 5.52 Å². The second-order valence-corrected chi connectivity index (χ2v) is 7.49. The number of hydrogen-bond donors (Lipinski definition) is 1. The minimum atomic E-state index is -0.0918. The molecule has 6 heteroatoms. The summed E-state index contributed by atoms with van der Waals surface area (Å²) >= 11 is 0. The molecule has 0 spiro atoms. The van der Waals surface area contributed by atoms with E-state index in [-0.39, 0.29) is 11.5 Å². The molecule has 1 amide bonds. The Bertz CT molecular complexity index is 1220. The molecule has 0 aliphatic carbocycles. The van der Waals surface area contributed by atoms with E-state index in [1.807, 2.05) is 53.1 Å². The molecule has 0 bridgehead atoms. The summed E-state index contributed by atoms with van der Waals surface area (Å²) in [6.45, 7) is 4.71. The number of nitrogens with one attached hydrogen (secondary N) is 1. The molecule has 0 atom stereocenters. The van der Waals surface area contributed by atoms with Crippen molar-refractivity contribution in [1.29, 1.82) is 0 Å². The van der Waals surface area contributed by atoms with Gasteiger partial charge in [-0.25, -0.2) is 4.98 Å². The fourth-order valence-corrected chi connectivity index (χ4v) is 3.56. The zero-order valence-corrected chi connectivity index (χ0v) is 16.6. The van der Waals surface area contributed by atoms with Crippen LogP contribution in [-0.2, 0) is 11.3 Å². The maximum Gasteiger partial charge on any atom is 0.276 e. The summed E-state index contributed by atoms with van der Waals surface area (Å²) in [4.78, 5) is 29.6. The minimum absolute atomic E-state index is 0.0589. The monoisotopic (exact) mass is 388 g/mol. The molecule has 1 N–H and O–H groups in total. The van der Waals surface area contributed by atoms with E-state index in [2.05, 4.69) is 24.1 Å². The summed E-state index contributed by atoms with van der Waals surface area (Å²) in [5.41, 5.74) is 4.06. The number of aryl methyl sites for hydroxylation is 1. The van der Waals surface area contributed by atoms with Crippen LogP contribution in [0, 0.1) is 0 Å². The Morgan fingerprint density at radius 3 is 2.59 bits per heavy atom. The van der Waals surface area contributed by atoms with Crippen molar-refractivity contribution >= 4 is 28.3 Å². The highest BCUT2D eigenvalue weighted by molar-refractivity contribution is 5.90. The maximum atomic E-state index is 12.9. The van der Waals surface area contributed by atoms with Crippen molar-refractivity contribution in [3.05, 3.63) is 76.8 Å². The molecular formula is C23H24N4O2. The zero-order valence-electron chi connectivity index (χ0n) is 16.6. The number of benzene rings is 1. The quantitative estimate of drug-likeness (QED) is 0.538. The van der Waals surface area contributed by atoms with Gasteiger partial charge in [0.25, 0.3) is 5.56 Å². The van der Waals surface area contributed by atoms with E-state index in [0.29, 0.717) is 36.5 Å². The van der Waals surface area contributed by atoms with Gasteiger partial charge in [0.2, 0.25) is 5.91 Å². The fourth-order valence-electron chi connectivity index (χ4n) is 3.56. The minimum Gasteiger partial charge on any atom is -0.326 e. The predicted molar refractivity (Wildman–Crippen MR) is 115 cm³/mol. The van der Waals surface area contributed by atoms with E-state index in [9.17, 15) is 9.59 Å². The molecule has 0 saturated heterocycles. The van der Waals surface area contributed by atoms with Gasteiger partial charge in [-0.15, -0.1) is 0 Å². The predicted octanol–water partition coefficient (Wildman–Crippen LogP) is 4.19. The van der Waals surface area contributed by atoms with E-state index < -0.39 is 0 Å². The molecule has 0 radical (unpaired) electrons. The Hall–Kier alpha value is -3.41. The molecule has 0 fully saturated rings. The van der Waals surface area contributed by atoms with Gasteiger partial charge in [-0.2, -0.15) is 0 Å². The maximum absolute atomic E-state index is 12.9. The molecule has 4 aromatic rings. The first kappa shape index (κ1) is 18.9. The smallest absolute Gasteiger partial charge is 0.276 e. The summed E-state index contributed by atoms with van der Waals surface area (Å²) < 4.78 is 3.52. The fraction of sp³-hybridized carbons (Fsp3) is 0.261. The highest BCUT2D eigenvalue weighted by Gasteiger charge is 2.12. The molecule has 0 aliphatic heterocycles. The molecule has 3 aromatic heterocycles. The number of hydrogen-bond acceptors (Lipinski definition) is 3. The number of carbonyl (C=O) groups is 1. The van der Waals surface area contributed by atoms with Crippen molar-refractivity contribution in [2.24, 2.45) is 0 Å². The van der Waals surface area contributed by atoms with Crippen molar-refractivity contribution in [3.63, 3.8) is 0 Å². The molecule has 6 nitrogen and oxygen atoms in total. The summed E-state index contributed by atoms with van der Waals surface area (Å²) in [6, 6.07) is 15.4. The highest BCUT2D eigenvalue weighted by Crippen LogP contribution is 2.17. The molecule has 0 aliphatic rings. The van der Waals surface area contributed by atoms with Crippen LogP contribution in [0.3, 0.4) is 0 Å². The average molecular weight is 388 g/mol. The Kier molecular flexibility index (Phi) is 5.16. The number of aromatic nitrogens is 3. The number of pyridine rings is 1. The van der Waals surface area contributed by atoms with Crippen LogP contribution in [0.2, 0.25) is 0 Å². The number of anilines is 1. The number of fused-ring (bicyclic) bond motifs is 3. The summed E-state index contributed by atoms with van der Waals surface area (Å²) in [6.07, 6.45) is 4.43. The summed E-state index contributed by atoms with van der Waals surface area (Å²) in [5, 5.41) is 2.93. The number of nitrogens with zero attached hydrogens (tertiary/aromatic N) is 3. The van der Waals surface area contributed by atoms with Crippen LogP contribution >= 0.6 is 0 Å². The molecule has 0 unspecified atom stereocenters. The highest BCUT2D eigenvalue weighted by atomic mass is 16.1. The van der Waals surface area contributed by atoms with E-state index in [1.54, 1.807) is 16.8 Å². The lowest BCUT2D eigenvalue weighted by Crippen LogP contribution is -2.24. The lowest BCUT2D eigenvalue weighted by atomic mass is 10.0. The van der Waals surface area contributed by atoms with Crippen molar-refractivity contribution in [2.75, 3.05) is 5.32 Å².